The zero-order valence-corrected chi connectivity index (χ0v) is 33.5. The SMILES string of the molecule is Fc1c(F)c(F)c(C2=c3ccc([nH]3)=C(c3c(F)c(F)c(F)c(F)c3F)c3ccc([nH]3)C(c3c(F)c(F)c(F)c(F)c3F)=c3ccc([nH]3)=C(c3c(F)c(F)c(F)c(F)c3F)c3ccc2[nH]3)c(F)c1F.[Ni]. The third kappa shape index (κ3) is 6.98. The third-order valence-corrected chi connectivity index (χ3v) is 10.7. The fourth-order valence-electron chi connectivity index (χ4n) is 7.70. The smallest absolute Gasteiger partial charge is 0.200 e. The Kier molecular flexibility index (Phi) is 11.8. The molecule has 9 rings (SSSR count). The Morgan fingerprint density at radius 1 is 0.188 bits per heavy atom. The molecule has 0 saturated heterocycles. The summed E-state index contributed by atoms with van der Waals surface area (Å²) in [4.78, 5) is 9.09. The first kappa shape index (κ1) is 48.0. The van der Waals surface area contributed by atoms with E-state index in [0.29, 0.717) is 48.5 Å². The summed E-state index contributed by atoms with van der Waals surface area (Å²) in [6, 6.07) is 5.29. The van der Waals surface area contributed by atoms with Crippen LogP contribution in [0.5, 0.6) is 0 Å². The molecule has 1 aliphatic heterocycles. The van der Waals surface area contributed by atoms with Crippen molar-refractivity contribution >= 4 is 22.3 Å². The van der Waals surface area contributed by atoms with Gasteiger partial charge in [-0.15, -0.1) is 0 Å². The molecular weight excluding hydrogens is 1020 g/mol. The van der Waals surface area contributed by atoms with Crippen molar-refractivity contribution in [2.45, 2.75) is 0 Å². The van der Waals surface area contributed by atoms with Crippen LogP contribution < -0.4 is 21.4 Å². The van der Waals surface area contributed by atoms with E-state index in [1.54, 1.807) is 0 Å². The minimum Gasteiger partial charge on any atom is -0.354 e. The number of halogens is 20. The molecule has 8 aromatic rings. The molecule has 0 amide bonds. The standard InChI is InChI=1S/C44H12F20N4.Ni/c45-25-21(26(46)34(54)41(61)33(25)53)17-9-1-2-10(65-9)18(22-27(47)35(55)42(62)36(56)28(22)48)12-5-6-14(67-12)20(24-31(51)39(59)44(64)40(60)32(24)52)16-8-7-15(68-16)19(13-4-3-11(17)66-13)23-29(49)37(57)43(63)38(58)30(23)50;/h1-8,65-68H;. The molecule has 4 nitrogen and oxygen atoms in total. The Bertz CT molecular complexity index is 3230. The molecule has 1 aliphatic rings. The molecule has 4 aromatic carbocycles. The number of aromatic amines is 4. The van der Waals surface area contributed by atoms with Crippen LogP contribution >= 0.6 is 0 Å². The van der Waals surface area contributed by atoms with E-state index in [0.717, 1.165) is 0 Å². The molecule has 0 radical (unpaired) electrons. The van der Waals surface area contributed by atoms with Gasteiger partial charge in [-0.05, 0) is 48.5 Å². The maximum atomic E-state index is 15.8. The summed E-state index contributed by atoms with van der Waals surface area (Å²) in [5, 5.41) is -3.59. The van der Waals surface area contributed by atoms with Crippen molar-refractivity contribution < 1.29 is 104 Å². The Morgan fingerprint density at radius 2 is 0.333 bits per heavy atom. The number of aromatic nitrogens is 4. The van der Waals surface area contributed by atoms with Crippen LogP contribution in [0.1, 0.15) is 45.0 Å². The van der Waals surface area contributed by atoms with E-state index in [2.05, 4.69) is 19.9 Å². The van der Waals surface area contributed by atoms with Crippen LogP contribution in [-0.2, 0) is 16.5 Å². The predicted octanol–water partition coefficient (Wildman–Crippen LogP) is 9.08. The van der Waals surface area contributed by atoms with Crippen LogP contribution in [0.4, 0.5) is 87.8 Å². The van der Waals surface area contributed by atoms with Gasteiger partial charge in [0.15, 0.2) is 93.1 Å². The molecule has 5 heterocycles. The van der Waals surface area contributed by atoms with Gasteiger partial charge in [0.2, 0.25) is 23.3 Å². The Labute approximate surface area is 377 Å². The second-order valence-electron chi connectivity index (χ2n) is 14.4. The van der Waals surface area contributed by atoms with Gasteiger partial charge in [-0.1, -0.05) is 0 Å². The molecule has 0 unspecified atom stereocenters. The molecule has 4 N–H and O–H groups in total. The maximum Gasteiger partial charge on any atom is 0.200 e. The minimum absolute atomic E-state index is 0. The van der Waals surface area contributed by atoms with Gasteiger partial charge in [-0.3, -0.25) is 0 Å². The fourth-order valence-corrected chi connectivity index (χ4v) is 7.70. The van der Waals surface area contributed by atoms with Gasteiger partial charge in [0, 0.05) is 83.0 Å². The number of nitrogens with one attached hydrogen (secondary N) is 4. The summed E-state index contributed by atoms with van der Waals surface area (Å²) < 4.78 is 303. The molecule has 4 aromatic heterocycles. The summed E-state index contributed by atoms with van der Waals surface area (Å²) in [5.74, 6) is -52.2. The van der Waals surface area contributed by atoms with Crippen molar-refractivity contribution in [3.63, 3.8) is 0 Å². The van der Waals surface area contributed by atoms with Crippen LogP contribution in [0, 0.1) is 116 Å². The van der Waals surface area contributed by atoms with Crippen molar-refractivity contribution in [3.05, 3.63) is 231 Å². The van der Waals surface area contributed by atoms with E-state index in [9.17, 15) is 52.7 Å². The summed E-state index contributed by atoms with van der Waals surface area (Å²) in [6.45, 7) is 0. The zero-order chi connectivity index (χ0) is 49.3. The first-order chi connectivity index (χ1) is 32.1. The van der Waals surface area contributed by atoms with Gasteiger partial charge in [0.05, 0.1) is 22.3 Å². The van der Waals surface area contributed by atoms with Gasteiger partial charge in [0.1, 0.15) is 0 Å². The number of benzene rings is 4. The molecule has 0 saturated carbocycles. The first-order valence-corrected chi connectivity index (χ1v) is 18.4. The topological polar surface area (TPSA) is 63.2 Å². The molecule has 0 atom stereocenters. The Morgan fingerprint density at radius 3 is 0.493 bits per heavy atom. The minimum atomic E-state index is -2.70. The van der Waals surface area contributed by atoms with E-state index in [1.165, 1.54) is 0 Å². The van der Waals surface area contributed by atoms with Gasteiger partial charge in [0.25, 0.3) is 0 Å². The van der Waals surface area contributed by atoms with E-state index in [-0.39, 0.29) is 16.5 Å². The van der Waals surface area contributed by atoms with Gasteiger partial charge in [-0.25, -0.2) is 87.8 Å². The largest absolute Gasteiger partial charge is 0.354 e. The van der Waals surface area contributed by atoms with Gasteiger partial charge in [-0.2, -0.15) is 0 Å². The average Bonchev–Trinajstić information content (AvgIpc) is 4.18. The molecule has 69 heavy (non-hydrogen) atoms. The van der Waals surface area contributed by atoms with Crippen molar-refractivity contribution in [1.29, 1.82) is 0 Å². The second kappa shape index (κ2) is 17.0. The van der Waals surface area contributed by atoms with Crippen molar-refractivity contribution in [1.82, 2.24) is 19.9 Å². The maximum absolute atomic E-state index is 15.8. The summed E-state index contributed by atoms with van der Waals surface area (Å²) in [7, 11) is 0. The summed E-state index contributed by atoms with van der Waals surface area (Å²) in [5.41, 5.74) is -15.7. The predicted molar refractivity (Wildman–Crippen MR) is 193 cm³/mol. The van der Waals surface area contributed by atoms with Crippen LogP contribution in [-0.4, -0.2) is 19.9 Å². The van der Waals surface area contributed by atoms with Crippen molar-refractivity contribution in [2.75, 3.05) is 0 Å². The quantitative estimate of drug-likeness (QED) is 0.0589. The van der Waals surface area contributed by atoms with E-state index in [1.807, 2.05) is 0 Å². The van der Waals surface area contributed by atoms with E-state index in [4.69, 9.17) is 0 Å². The Hall–Kier alpha value is -7.43. The summed E-state index contributed by atoms with van der Waals surface area (Å²) >= 11 is 0. The molecule has 0 spiro atoms. The van der Waals surface area contributed by atoms with Gasteiger partial charge >= 0.3 is 0 Å². The van der Waals surface area contributed by atoms with Crippen LogP contribution in [0.2, 0.25) is 0 Å². The van der Waals surface area contributed by atoms with Crippen molar-refractivity contribution in [2.24, 2.45) is 0 Å². The zero-order valence-electron chi connectivity index (χ0n) is 32.5. The van der Waals surface area contributed by atoms with Crippen LogP contribution in [0.15, 0.2) is 48.5 Å². The molecule has 25 heteroatoms. The summed E-state index contributed by atoms with van der Waals surface area (Å²) in [6.07, 6.45) is 0. The number of hydrogen-bond donors (Lipinski definition) is 4. The molecule has 8 bridgehead atoms. The average molecular weight is 1040 g/mol. The molecular formula is C44H12F20N4Ni. The normalized spacial score (nSPS) is 12.7. The number of hydrogen-bond acceptors (Lipinski definition) is 0. The first-order valence-electron chi connectivity index (χ1n) is 18.4. The molecule has 0 fully saturated rings. The van der Waals surface area contributed by atoms with Crippen LogP contribution in [0.25, 0.3) is 22.3 Å². The third-order valence-electron chi connectivity index (χ3n) is 10.7. The Balaban J connectivity index is 0.00000642. The molecule has 0 aliphatic carbocycles. The number of fused-ring (bicyclic) bond motifs is 8. The number of rotatable bonds is 4. The number of H-pyrrole nitrogens is 4. The molecule has 358 valence electrons. The fraction of sp³-hybridized carbons (Fsp3) is 0. The monoisotopic (exact) mass is 1030 g/mol. The second-order valence-corrected chi connectivity index (χ2v) is 14.4. The van der Waals surface area contributed by atoms with E-state index >= 15 is 35.1 Å². The van der Waals surface area contributed by atoms with Crippen LogP contribution in [0.3, 0.4) is 0 Å². The van der Waals surface area contributed by atoms with E-state index < -0.39 is 205 Å². The van der Waals surface area contributed by atoms with Gasteiger partial charge < -0.3 is 19.9 Å². The van der Waals surface area contributed by atoms with Crippen molar-refractivity contribution in [3.8, 4) is 0 Å².